The summed E-state index contributed by atoms with van der Waals surface area (Å²) in [6.45, 7) is 0.0655. The fourth-order valence-corrected chi connectivity index (χ4v) is 4.01. The first kappa shape index (κ1) is 17.3. The molecule has 2 aliphatic rings. The van der Waals surface area contributed by atoms with E-state index in [4.69, 9.17) is 5.11 Å². The quantitative estimate of drug-likeness (QED) is 0.898. The maximum atomic E-state index is 13.0. The van der Waals surface area contributed by atoms with Crippen molar-refractivity contribution in [1.29, 1.82) is 0 Å². The third kappa shape index (κ3) is 3.74. The van der Waals surface area contributed by atoms with Gasteiger partial charge < -0.3 is 5.11 Å². The van der Waals surface area contributed by atoms with E-state index in [2.05, 4.69) is 12.1 Å². The molecule has 1 aromatic carbocycles. The molecule has 0 aromatic heterocycles. The van der Waals surface area contributed by atoms with Crippen LogP contribution in [-0.4, -0.2) is 35.2 Å². The second kappa shape index (κ2) is 6.75. The molecule has 1 aliphatic heterocycles. The third-order valence-corrected chi connectivity index (χ3v) is 5.35. The molecule has 3 rings (SSSR count). The van der Waals surface area contributed by atoms with E-state index in [0.717, 1.165) is 5.56 Å². The number of hydrogen-bond donors (Lipinski definition) is 1. The Kier molecular flexibility index (Phi) is 4.85. The van der Waals surface area contributed by atoms with Gasteiger partial charge in [0.05, 0.1) is 11.8 Å². The van der Waals surface area contributed by atoms with Gasteiger partial charge in [0.25, 0.3) is 0 Å². The maximum absolute atomic E-state index is 13.0. The summed E-state index contributed by atoms with van der Waals surface area (Å²) in [5.74, 6) is -3.91. The summed E-state index contributed by atoms with van der Waals surface area (Å²) >= 11 is 0. The molecule has 0 bridgehead atoms. The van der Waals surface area contributed by atoms with E-state index < -0.39 is 24.0 Å². The van der Waals surface area contributed by atoms with Crippen molar-refractivity contribution >= 4 is 5.97 Å². The summed E-state index contributed by atoms with van der Waals surface area (Å²) in [5, 5.41) is 9.06. The van der Waals surface area contributed by atoms with Gasteiger partial charge in [0.2, 0.25) is 0 Å². The largest absolute Gasteiger partial charge is 0.481 e. The van der Waals surface area contributed by atoms with Crippen LogP contribution in [0.4, 0.5) is 13.2 Å². The molecular formula is C18H22F3NO2. The van der Waals surface area contributed by atoms with Crippen molar-refractivity contribution in [2.75, 3.05) is 13.1 Å². The highest BCUT2D eigenvalue weighted by atomic mass is 19.4. The van der Waals surface area contributed by atoms with Crippen LogP contribution in [0, 0.1) is 11.8 Å². The molecule has 0 spiro atoms. The zero-order valence-corrected chi connectivity index (χ0v) is 13.4. The zero-order valence-electron chi connectivity index (χ0n) is 13.4. The number of carbonyl (C=O) groups is 1. The number of halogens is 3. The van der Waals surface area contributed by atoms with Crippen molar-refractivity contribution in [2.45, 2.75) is 44.3 Å². The molecule has 2 atom stereocenters. The van der Waals surface area contributed by atoms with Gasteiger partial charge in [-0.1, -0.05) is 37.1 Å². The Balaban J connectivity index is 1.64. The van der Waals surface area contributed by atoms with Crippen molar-refractivity contribution in [2.24, 2.45) is 11.8 Å². The molecule has 6 heteroatoms. The lowest BCUT2D eigenvalue weighted by Crippen LogP contribution is -2.33. The number of hydrogen-bond acceptors (Lipinski definition) is 2. The first-order valence-corrected chi connectivity index (χ1v) is 8.45. The Bertz CT molecular complexity index is 579. The van der Waals surface area contributed by atoms with Gasteiger partial charge in [0.1, 0.15) is 0 Å². The lowest BCUT2D eigenvalue weighted by molar-refractivity contribution is -0.188. The smallest absolute Gasteiger partial charge is 0.393 e. The summed E-state index contributed by atoms with van der Waals surface area (Å²) in [4.78, 5) is 12.7. The minimum absolute atomic E-state index is 0.0517. The second-order valence-electron chi connectivity index (χ2n) is 7.01. The molecule has 1 aromatic rings. The number of rotatable bonds is 4. The van der Waals surface area contributed by atoms with Crippen molar-refractivity contribution in [1.82, 2.24) is 4.90 Å². The number of likely N-dealkylation sites (tertiary alicyclic amines) is 1. The van der Waals surface area contributed by atoms with E-state index >= 15 is 0 Å². The predicted molar refractivity (Wildman–Crippen MR) is 83.6 cm³/mol. The predicted octanol–water partition coefficient (Wildman–Crippen LogP) is 4.04. The number of carboxylic acids is 1. The normalized spacial score (nSPS) is 26.1. The highest BCUT2D eigenvalue weighted by molar-refractivity contribution is 5.71. The van der Waals surface area contributed by atoms with E-state index in [1.54, 1.807) is 4.90 Å². The van der Waals surface area contributed by atoms with E-state index in [1.807, 2.05) is 12.1 Å². The molecule has 0 amide bonds. The number of aliphatic carboxylic acids is 1. The van der Waals surface area contributed by atoms with Crippen LogP contribution < -0.4 is 0 Å². The summed E-state index contributed by atoms with van der Waals surface area (Å²) < 4.78 is 39.1. The van der Waals surface area contributed by atoms with Crippen LogP contribution >= 0.6 is 0 Å². The molecule has 1 saturated carbocycles. The maximum Gasteiger partial charge on any atom is 0.393 e. The molecule has 0 unspecified atom stereocenters. The van der Waals surface area contributed by atoms with Gasteiger partial charge in [0.15, 0.2) is 0 Å². The second-order valence-corrected chi connectivity index (χ2v) is 7.01. The van der Waals surface area contributed by atoms with Crippen molar-refractivity contribution in [3.8, 4) is 0 Å². The molecule has 1 aliphatic carbocycles. The first-order chi connectivity index (χ1) is 11.3. The minimum atomic E-state index is -4.47. The molecule has 1 N–H and O–H groups in total. The van der Waals surface area contributed by atoms with E-state index in [1.165, 1.54) is 31.2 Å². The van der Waals surface area contributed by atoms with Crippen LogP contribution in [0.1, 0.15) is 42.7 Å². The van der Waals surface area contributed by atoms with Gasteiger partial charge in [-0.2, -0.15) is 13.2 Å². The first-order valence-electron chi connectivity index (χ1n) is 8.45. The van der Waals surface area contributed by atoms with Crippen LogP contribution in [0.15, 0.2) is 24.3 Å². The Labute approximate surface area is 139 Å². The summed E-state index contributed by atoms with van der Waals surface area (Å²) in [5.41, 5.74) is 2.23. The van der Waals surface area contributed by atoms with Crippen molar-refractivity contribution < 1.29 is 23.1 Å². The highest BCUT2D eigenvalue weighted by Crippen LogP contribution is 2.38. The fraction of sp³-hybridized carbons (Fsp3) is 0.611. The Hall–Kier alpha value is -1.56. The molecule has 3 nitrogen and oxygen atoms in total. The van der Waals surface area contributed by atoms with Crippen molar-refractivity contribution in [3.63, 3.8) is 0 Å². The van der Waals surface area contributed by atoms with E-state index in [9.17, 15) is 18.0 Å². The Morgan fingerprint density at radius 3 is 2.25 bits per heavy atom. The molecular weight excluding hydrogens is 319 g/mol. The van der Waals surface area contributed by atoms with Gasteiger partial charge >= 0.3 is 12.1 Å². The van der Waals surface area contributed by atoms with Crippen LogP contribution in [0.2, 0.25) is 0 Å². The van der Waals surface area contributed by atoms with Gasteiger partial charge in [-0.05, 0) is 29.9 Å². The lowest BCUT2D eigenvalue weighted by Gasteiger charge is -2.18. The SMILES string of the molecule is O=C(O)[C@@H]1CN(Cc2ccc(C3CCCC3)cc2)C[C@H]1C(F)(F)F. The molecule has 0 radical (unpaired) electrons. The summed E-state index contributed by atoms with van der Waals surface area (Å²) in [7, 11) is 0. The summed E-state index contributed by atoms with van der Waals surface area (Å²) in [6, 6.07) is 8.06. The monoisotopic (exact) mass is 341 g/mol. The topological polar surface area (TPSA) is 40.5 Å². The van der Waals surface area contributed by atoms with Crippen LogP contribution in [0.5, 0.6) is 0 Å². The average molecular weight is 341 g/mol. The Morgan fingerprint density at radius 2 is 1.75 bits per heavy atom. The number of benzene rings is 1. The molecule has 1 saturated heterocycles. The molecule has 24 heavy (non-hydrogen) atoms. The third-order valence-electron chi connectivity index (χ3n) is 5.35. The van der Waals surface area contributed by atoms with Gasteiger partial charge in [0, 0.05) is 19.6 Å². The van der Waals surface area contributed by atoms with E-state index in [0.29, 0.717) is 12.5 Å². The number of carboxylic acid groups (broad SMARTS) is 1. The average Bonchev–Trinajstić information content (AvgIpc) is 3.16. The lowest BCUT2D eigenvalue weighted by atomic mass is 9.96. The molecule has 132 valence electrons. The van der Waals surface area contributed by atoms with Crippen LogP contribution in [0.25, 0.3) is 0 Å². The number of alkyl halides is 3. The minimum Gasteiger partial charge on any atom is -0.481 e. The summed E-state index contributed by atoms with van der Waals surface area (Å²) in [6.07, 6.45) is 0.466. The standard InChI is InChI=1S/C18H22F3NO2/c19-18(20,21)16-11-22(10-15(16)17(23)24)9-12-5-7-14(8-6-12)13-3-1-2-4-13/h5-8,13,15-16H,1-4,9-11H2,(H,23,24)/t15-,16-/m1/s1. The van der Waals surface area contributed by atoms with E-state index in [-0.39, 0.29) is 13.1 Å². The zero-order chi connectivity index (χ0) is 17.3. The Morgan fingerprint density at radius 1 is 1.12 bits per heavy atom. The van der Waals surface area contributed by atoms with Crippen LogP contribution in [0.3, 0.4) is 0 Å². The van der Waals surface area contributed by atoms with Gasteiger partial charge in [-0.25, -0.2) is 0 Å². The number of nitrogens with zero attached hydrogens (tertiary/aromatic N) is 1. The van der Waals surface area contributed by atoms with Gasteiger partial charge in [-0.15, -0.1) is 0 Å². The fourth-order valence-electron chi connectivity index (χ4n) is 4.01. The van der Waals surface area contributed by atoms with Gasteiger partial charge in [-0.3, -0.25) is 9.69 Å². The molecule has 1 heterocycles. The molecule has 2 fully saturated rings. The highest BCUT2D eigenvalue weighted by Gasteiger charge is 2.52. The van der Waals surface area contributed by atoms with Crippen molar-refractivity contribution in [3.05, 3.63) is 35.4 Å². The van der Waals surface area contributed by atoms with Crippen LogP contribution in [-0.2, 0) is 11.3 Å².